The van der Waals surface area contributed by atoms with Gasteiger partial charge in [-0.05, 0) is 31.2 Å². The van der Waals surface area contributed by atoms with Gasteiger partial charge < -0.3 is 10.1 Å². The molecule has 3 aromatic rings. The topological polar surface area (TPSA) is 79.9 Å². The molecule has 6 nitrogen and oxygen atoms in total. The normalized spacial score (nSPS) is 10.7. The molecule has 0 atom stereocenters. The Kier molecular flexibility index (Phi) is 7.07. The maximum Gasteiger partial charge on any atom is 0.234 e. The monoisotopic (exact) mass is 456 g/mol. The number of hydrogen-bond acceptors (Lipinski definition) is 5. The lowest BCUT2D eigenvalue weighted by molar-refractivity contribution is -0.113. The smallest absolute Gasteiger partial charge is 0.234 e. The molecule has 1 heterocycles. The van der Waals surface area contributed by atoms with Crippen LogP contribution < -0.4 is 10.1 Å². The van der Waals surface area contributed by atoms with Gasteiger partial charge in [0.25, 0.3) is 0 Å². The molecule has 0 saturated heterocycles. The minimum atomic E-state index is -0.293. The van der Waals surface area contributed by atoms with Crippen molar-refractivity contribution in [2.75, 3.05) is 11.1 Å². The molecule has 0 unspecified atom stereocenters. The van der Waals surface area contributed by atoms with Gasteiger partial charge in [0.15, 0.2) is 5.82 Å². The highest BCUT2D eigenvalue weighted by atomic mass is 35.5. The lowest BCUT2D eigenvalue weighted by atomic mass is 10.2. The number of hydrogen-bond donors (Lipinski definition) is 2. The van der Waals surface area contributed by atoms with Crippen molar-refractivity contribution in [2.24, 2.45) is 0 Å². The largest absolute Gasteiger partial charge is 0.486 e. The molecule has 0 fully saturated rings. The predicted molar refractivity (Wildman–Crippen MR) is 113 cm³/mol. The van der Waals surface area contributed by atoms with Crippen LogP contribution in [0.25, 0.3) is 0 Å². The van der Waals surface area contributed by atoms with Crippen LogP contribution >= 0.6 is 46.6 Å². The zero-order valence-electron chi connectivity index (χ0n) is 14.6. The van der Waals surface area contributed by atoms with E-state index >= 15 is 0 Å². The Morgan fingerprint density at radius 2 is 1.86 bits per heavy atom. The Labute approximate surface area is 180 Å². The van der Waals surface area contributed by atoms with E-state index in [0.29, 0.717) is 21.7 Å². The van der Waals surface area contributed by atoms with Gasteiger partial charge in [-0.25, -0.2) is 4.98 Å². The van der Waals surface area contributed by atoms with Crippen molar-refractivity contribution in [1.82, 2.24) is 15.2 Å². The number of nitrogens with one attached hydrogen (secondary N) is 2. The van der Waals surface area contributed by atoms with Crippen molar-refractivity contribution in [3.63, 3.8) is 0 Å². The molecule has 146 valence electrons. The van der Waals surface area contributed by atoms with E-state index in [4.69, 9.17) is 39.5 Å². The summed E-state index contributed by atoms with van der Waals surface area (Å²) >= 11 is 19.2. The van der Waals surface area contributed by atoms with Crippen LogP contribution in [0.3, 0.4) is 0 Å². The Morgan fingerprint density at radius 1 is 1.18 bits per heavy atom. The van der Waals surface area contributed by atoms with E-state index in [9.17, 15) is 4.79 Å². The first-order valence-electron chi connectivity index (χ1n) is 8.08. The molecule has 0 saturated carbocycles. The van der Waals surface area contributed by atoms with Crippen LogP contribution in [0, 0.1) is 6.92 Å². The van der Waals surface area contributed by atoms with Crippen LogP contribution in [0.15, 0.2) is 41.6 Å². The van der Waals surface area contributed by atoms with E-state index < -0.39 is 0 Å². The fraction of sp³-hybridized carbons (Fsp3) is 0.167. The predicted octanol–water partition coefficient (Wildman–Crippen LogP) is 5.38. The number of rotatable bonds is 7. The molecule has 2 N–H and O–H groups in total. The third-order valence-electron chi connectivity index (χ3n) is 3.51. The Morgan fingerprint density at radius 3 is 2.54 bits per heavy atom. The number of aromatic nitrogens is 3. The summed E-state index contributed by atoms with van der Waals surface area (Å²) in [6.07, 6.45) is 0. The molecular formula is C18H15Cl3N4O2S. The number of nitrogens with zero attached hydrogens (tertiary/aromatic N) is 2. The van der Waals surface area contributed by atoms with Crippen LogP contribution in [-0.2, 0) is 11.4 Å². The van der Waals surface area contributed by atoms with E-state index in [-0.39, 0.29) is 28.3 Å². The van der Waals surface area contributed by atoms with Crippen molar-refractivity contribution in [3.8, 4) is 5.75 Å². The third-order valence-corrected chi connectivity index (χ3v) is 5.17. The number of aryl methyl sites for hydroxylation is 1. The summed E-state index contributed by atoms with van der Waals surface area (Å²) in [5.41, 5.74) is 1.48. The molecule has 0 aliphatic carbocycles. The SMILES string of the molecule is Cc1ccc(OCc2nc(SCC(=O)Nc3c(Cl)cc(Cl)cc3Cl)n[nH]2)cc1. The van der Waals surface area contributed by atoms with Gasteiger partial charge in [-0.15, -0.1) is 5.10 Å². The first kappa shape index (κ1) is 20.8. The molecule has 0 spiro atoms. The second kappa shape index (κ2) is 9.52. The molecular weight excluding hydrogens is 443 g/mol. The number of aromatic amines is 1. The number of halogens is 3. The summed E-state index contributed by atoms with van der Waals surface area (Å²) in [5.74, 6) is 1.10. The summed E-state index contributed by atoms with van der Waals surface area (Å²) in [6, 6.07) is 10.7. The lowest BCUT2D eigenvalue weighted by Crippen LogP contribution is -2.14. The van der Waals surface area contributed by atoms with E-state index in [2.05, 4.69) is 20.5 Å². The van der Waals surface area contributed by atoms with Crippen molar-refractivity contribution in [1.29, 1.82) is 0 Å². The highest BCUT2D eigenvalue weighted by molar-refractivity contribution is 7.99. The molecule has 28 heavy (non-hydrogen) atoms. The summed E-state index contributed by atoms with van der Waals surface area (Å²) in [4.78, 5) is 16.4. The Balaban J connectivity index is 1.50. The fourth-order valence-electron chi connectivity index (χ4n) is 2.16. The molecule has 0 aliphatic rings. The highest BCUT2D eigenvalue weighted by Gasteiger charge is 2.13. The van der Waals surface area contributed by atoms with Crippen molar-refractivity contribution < 1.29 is 9.53 Å². The molecule has 1 aromatic heterocycles. The average Bonchev–Trinajstić information content (AvgIpc) is 3.10. The van der Waals surface area contributed by atoms with Gasteiger partial charge in [0.1, 0.15) is 12.4 Å². The minimum Gasteiger partial charge on any atom is -0.486 e. The van der Waals surface area contributed by atoms with Gasteiger partial charge in [0, 0.05) is 5.02 Å². The van der Waals surface area contributed by atoms with Crippen molar-refractivity contribution >= 4 is 58.2 Å². The van der Waals surface area contributed by atoms with Gasteiger partial charge in [0.05, 0.1) is 21.5 Å². The van der Waals surface area contributed by atoms with Crippen LogP contribution in [0.1, 0.15) is 11.4 Å². The summed E-state index contributed by atoms with van der Waals surface area (Å²) in [5, 5.41) is 10.9. The minimum absolute atomic E-state index is 0.0887. The summed E-state index contributed by atoms with van der Waals surface area (Å²) < 4.78 is 5.64. The number of carbonyl (C=O) groups excluding carboxylic acids is 1. The number of anilines is 1. The van der Waals surface area contributed by atoms with Crippen LogP contribution in [0.5, 0.6) is 5.75 Å². The highest BCUT2D eigenvalue weighted by Crippen LogP contribution is 2.33. The molecule has 1 amide bonds. The maximum atomic E-state index is 12.1. The van der Waals surface area contributed by atoms with E-state index in [1.807, 2.05) is 31.2 Å². The zero-order valence-corrected chi connectivity index (χ0v) is 17.7. The van der Waals surface area contributed by atoms with E-state index in [0.717, 1.165) is 11.3 Å². The molecule has 0 radical (unpaired) electrons. The number of carbonyl (C=O) groups is 1. The number of thioether (sulfide) groups is 1. The van der Waals surface area contributed by atoms with Crippen molar-refractivity contribution in [3.05, 3.63) is 62.9 Å². The second-order valence-corrected chi connectivity index (χ2v) is 7.94. The molecule has 2 aromatic carbocycles. The zero-order chi connectivity index (χ0) is 20.1. The van der Waals surface area contributed by atoms with Gasteiger partial charge in [-0.2, -0.15) is 0 Å². The van der Waals surface area contributed by atoms with Crippen LogP contribution in [0.2, 0.25) is 15.1 Å². The van der Waals surface area contributed by atoms with Gasteiger partial charge >= 0.3 is 0 Å². The van der Waals surface area contributed by atoms with Gasteiger partial charge in [-0.3, -0.25) is 9.89 Å². The standard InChI is InChI=1S/C18H15Cl3N4O2S/c1-10-2-4-12(5-3-10)27-8-15-22-18(25-24-15)28-9-16(26)23-17-13(20)6-11(19)7-14(17)21/h2-7H,8-9H2,1H3,(H,23,26)(H,22,24,25). The second-order valence-electron chi connectivity index (χ2n) is 5.75. The lowest BCUT2D eigenvalue weighted by Gasteiger charge is -2.09. The third kappa shape index (κ3) is 5.78. The number of H-pyrrole nitrogens is 1. The van der Waals surface area contributed by atoms with E-state index in [1.165, 1.54) is 23.9 Å². The Hall–Kier alpha value is -1.93. The molecule has 3 rings (SSSR count). The van der Waals surface area contributed by atoms with Crippen LogP contribution in [-0.4, -0.2) is 26.8 Å². The quantitative estimate of drug-likeness (QED) is 0.465. The van der Waals surface area contributed by atoms with E-state index in [1.54, 1.807) is 0 Å². The molecule has 10 heteroatoms. The average molecular weight is 458 g/mol. The van der Waals surface area contributed by atoms with Crippen LogP contribution in [0.4, 0.5) is 5.69 Å². The summed E-state index contributed by atoms with van der Waals surface area (Å²) in [6.45, 7) is 2.26. The fourth-order valence-corrected chi connectivity index (χ4v) is 3.69. The molecule has 0 aliphatic heterocycles. The first-order valence-corrected chi connectivity index (χ1v) is 10.2. The number of benzene rings is 2. The maximum absolute atomic E-state index is 12.1. The van der Waals surface area contributed by atoms with Gasteiger partial charge in [0.2, 0.25) is 11.1 Å². The number of ether oxygens (including phenoxy) is 1. The number of amides is 1. The molecule has 0 bridgehead atoms. The first-order chi connectivity index (χ1) is 13.4. The van der Waals surface area contributed by atoms with Crippen molar-refractivity contribution in [2.45, 2.75) is 18.7 Å². The summed E-state index contributed by atoms with van der Waals surface area (Å²) in [7, 11) is 0. The Bertz CT molecular complexity index is 956. The van der Waals surface area contributed by atoms with Gasteiger partial charge in [-0.1, -0.05) is 64.3 Å².